The topological polar surface area (TPSA) is 36.4 Å². The van der Waals surface area contributed by atoms with E-state index in [1.54, 1.807) is 19.2 Å². The van der Waals surface area contributed by atoms with Crippen molar-refractivity contribution in [3.05, 3.63) is 34.1 Å². The fourth-order valence-electron chi connectivity index (χ4n) is 1.30. The molecule has 0 atom stereocenters. The van der Waals surface area contributed by atoms with Crippen LogP contribution in [-0.2, 0) is 6.42 Å². The minimum absolute atomic E-state index is 0. The van der Waals surface area contributed by atoms with E-state index in [1.165, 1.54) is 6.07 Å². The molecule has 1 aromatic rings. The number of halogens is 3. The van der Waals surface area contributed by atoms with E-state index in [0.29, 0.717) is 4.47 Å². The first-order valence-corrected chi connectivity index (χ1v) is 5.79. The molecule has 2 N–H and O–H groups in total. The molecule has 0 bridgehead atoms. The summed E-state index contributed by atoms with van der Waals surface area (Å²) in [5.41, 5.74) is 1.08. The van der Waals surface area contributed by atoms with Gasteiger partial charge in [0.25, 0.3) is 0 Å². The van der Waals surface area contributed by atoms with E-state index in [9.17, 15) is 4.39 Å². The lowest BCUT2D eigenvalue weighted by Crippen LogP contribution is -2.35. The van der Waals surface area contributed by atoms with Gasteiger partial charge in [-0.3, -0.25) is 4.99 Å². The number of nitrogens with zero attached hydrogens (tertiary/aromatic N) is 1. The molecule has 17 heavy (non-hydrogen) atoms. The molecule has 1 rings (SSSR count). The van der Waals surface area contributed by atoms with E-state index in [1.807, 2.05) is 7.05 Å². The predicted octanol–water partition coefficient (Wildman–Crippen LogP) is 2.54. The Hall–Kier alpha value is -0.370. The summed E-state index contributed by atoms with van der Waals surface area (Å²) in [5, 5.41) is 6.06. The van der Waals surface area contributed by atoms with E-state index in [2.05, 4.69) is 31.6 Å². The summed E-state index contributed by atoms with van der Waals surface area (Å²) in [6, 6.07) is 5.04. The van der Waals surface area contributed by atoms with Gasteiger partial charge >= 0.3 is 0 Å². The van der Waals surface area contributed by atoms with Gasteiger partial charge in [0.1, 0.15) is 5.82 Å². The Morgan fingerprint density at radius 1 is 1.47 bits per heavy atom. The molecular formula is C11H16BrFIN3. The van der Waals surface area contributed by atoms with Gasteiger partial charge in [-0.15, -0.1) is 24.0 Å². The molecular weight excluding hydrogens is 400 g/mol. The molecule has 0 aliphatic heterocycles. The molecule has 0 heterocycles. The maximum absolute atomic E-state index is 13.0. The van der Waals surface area contributed by atoms with Gasteiger partial charge in [-0.25, -0.2) is 4.39 Å². The number of guanidine groups is 1. The quantitative estimate of drug-likeness (QED) is 0.452. The lowest BCUT2D eigenvalue weighted by Gasteiger charge is -2.08. The van der Waals surface area contributed by atoms with Crippen LogP contribution < -0.4 is 10.6 Å². The molecule has 0 saturated carbocycles. The summed E-state index contributed by atoms with van der Waals surface area (Å²) in [4.78, 5) is 3.99. The zero-order valence-corrected chi connectivity index (χ0v) is 13.7. The predicted molar refractivity (Wildman–Crippen MR) is 83.6 cm³/mol. The number of nitrogens with one attached hydrogen (secondary N) is 2. The molecule has 3 nitrogen and oxygen atoms in total. The Morgan fingerprint density at radius 3 is 2.71 bits per heavy atom. The molecule has 6 heteroatoms. The fraction of sp³-hybridized carbons (Fsp3) is 0.364. The van der Waals surface area contributed by atoms with Crippen molar-refractivity contribution in [1.29, 1.82) is 0 Å². The maximum Gasteiger partial charge on any atom is 0.190 e. The van der Waals surface area contributed by atoms with Crippen molar-refractivity contribution >= 4 is 45.9 Å². The average molecular weight is 416 g/mol. The lowest BCUT2D eigenvalue weighted by molar-refractivity contribution is 0.620. The zero-order valence-electron chi connectivity index (χ0n) is 9.76. The molecule has 0 aliphatic rings. The van der Waals surface area contributed by atoms with Crippen LogP contribution in [0.15, 0.2) is 27.7 Å². The van der Waals surface area contributed by atoms with Crippen molar-refractivity contribution in [2.75, 3.05) is 20.6 Å². The SMILES string of the molecule is CN=C(NC)NCCc1ccc(F)c(Br)c1.I. The van der Waals surface area contributed by atoms with Crippen LogP contribution in [0.2, 0.25) is 0 Å². The summed E-state index contributed by atoms with van der Waals surface area (Å²) in [5.74, 6) is 0.518. The minimum atomic E-state index is -0.234. The second-order valence-electron chi connectivity index (χ2n) is 3.25. The van der Waals surface area contributed by atoms with Crippen LogP contribution in [0.3, 0.4) is 0 Å². The highest BCUT2D eigenvalue weighted by Crippen LogP contribution is 2.16. The summed E-state index contributed by atoms with van der Waals surface area (Å²) < 4.78 is 13.5. The monoisotopic (exact) mass is 415 g/mol. The Balaban J connectivity index is 0.00000256. The Morgan fingerprint density at radius 2 is 2.18 bits per heavy atom. The van der Waals surface area contributed by atoms with Crippen LogP contribution >= 0.6 is 39.9 Å². The molecule has 0 aliphatic carbocycles. The molecule has 0 radical (unpaired) electrons. The first-order valence-electron chi connectivity index (χ1n) is 4.99. The van der Waals surface area contributed by atoms with Gasteiger partial charge < -0.3 is 10.6 Å². The second-order valence-corrected chi connectivity index (χ2v) is 4.10. The number of benzene rings is 1. The molecule has 0 aromatic heterocycles. The molecule has 0 unspecified atom stereocenters. The van der Waals surface area contributed by atoms with E-state index >= 15 is 0 Å². The molecule has 0 spiro atoms. The third-order valence-electron chi connectivity index (χ3n) is 2.15. The number of aliphatic imine (C=N–C) groups is 1. The molecule has 1 aromatic carbocycles. The van der Waals surface area contributed by atoms with Crippen LogP contribution in [0.25, 0.3) is 0 Å². The number of hydrogen-bond acceptors (Lipinski definition) is 1. The Bertz CT molecular complexity index is 385. The first kappa shape index (κ1) is 16.6. The van der Waals surface area contributed by atoms with Crippen LogP contribution in [0, 0.1) is 5.82 Å². The highest BCUT2D eigenvalue weighted by atomic mass is 127. The van der Waals surface area contributed by atoms with E-state index in [0.717, 1.165) is 24.5 Å². The molecule has 96 valence electrons. The van der Waals surface area contributed by atoms with Crippen molar-refractivity contribution in [3.8, 4) is 0 Å². The van der Waals surface area contributed by atoms with Gasteiger partial charge in [-0.1, -0.05) is 6.07 Å². The summed E-state index contributed by atoms with van der Waals surface area (Å²) >= 11 is 3.16. The summed E-state index contributed by atoms with van der Waals surface area (Å²) in [6.45, 7) is 0.756. The van der Waals surface area contributed by atoms with Crippen molar-refractivity contribution in [1.82, 2.24) is 10.6 Å². The highest BCUT2D eigenvalue weighted by Gasteiger charge is 2.00. The minimum Gasteiger partial charge on any atom is -0.359 e. The van der Waals surface area contributed by atoms with E-state index < -0.39 is 0 Å². The second kappa shape index (κ2) is 8.68. The first-order chi connectivity index (χ1) is 7.67. The summed E-state index contributed by atoms with van der Waals surface area (Å²) in [7, 11) is 3.52. The van der Waals surface area contributed by atoms with Gasteiger partial charge in [0.05, 0.1) is 4.47 Å². The normalized spacial score (nSPS) is 10.7. The van der Waals surface area contributed by atoms with Gasteiger partial charge in [-0.2, -0.15) is 0 Å². The highest BCUT2D eigenvalue weighted by molar-refractivity contribution is 14.0. The molecule has 0 saturated heterocycles. The third kappa shape index (κ3) is 5.67. The van der Waals surface area contributed by atoms with Crippen molar-refractivity contribution < 1.29 is 4.39 Å². The smallest absolute Gasteiger partial charge is 0.190 e. The largest absolute Gasteiger partial charge is 0.359 e. The average Bonchev–Trinajstić information content (AvgIpc) is 2.29. The zero-order chi connectivity index (χ0) is 12.0. The Kier molecular flexibility index (Phi) is 8.49. The van der Waals surface area contributed by atoms with Crippen molar-refractivity contribution in [2.45, 2.75) is 6.42 Å². The van der Waals surface area contributed by atoms with Gasteiger partial charge in [0.15, 0.2) is 5.96 Å². The van der Waals surface area contributed by atoms with Gasteiger partial charge in [0, 0.05) is 20.6 Å². The molecule has 0 fully saturated rings. The van der Waals surface area contributed by atoms with Crippen LogP contribution in [0.5, 0.6) is 0 Å². The fourth-order valence-corrected chi connectivity index (χ4v) is 1.73. The van der Waals surface area contributed by atoms with Crippen LogP contribution in [-0.4, -0.2) is 26.6 Å². The van der Waals surface area contributed by atoms with Crippen molar-refractivity contribution in [3.63, 3.8) is 0 Å². The summed E-state index contributed by atoms with van der Waals surface area (Å²) in [6.07, 6.45) is 0.819. The van der Waals surface area contributed by atoms with Crippen LogP contribution in [0.1, 0.15) is 5.56 Å². The lowest BCUT2D eigenvalue weighted by atomic mass is 10.1. The standard InChI is InChI=1S/C11H15BrFN3.HI/c1-14-11(15-2)16-6-5-8-3-4-10(13)9(12)7-8;/h3-4,7H,5-6H2,1-2H3,(H2,14,15,16);1H. The maximum atomic E-state index is 13.0. The number of rotatable bonds is 3. The van der Waals surface area contributed by atoms with Gasteiger partial charge in [0.2, 0.25) is 0 Å². The van der Waals surface area contributed by atoms with Crippen molar-refractivity contribution in [2.24, 2.45) is 4.99 Å². The van der Waals surface area contributed by atoms with E-state index in [-0.39, 0.29) is 29.8 Å². The van der Waals surface area contributed by atoms with Gasteiger partial charge in [-0.05, 0) is 40.0 Å². The Labute approximate surface area is 126 Å². The number of hydrogen-bond donors (Lipinski definition) is 2. The third-order valence-corrected chi connectivity index (χ3v) is 2.76. The van der Waals surface area contributed by atoms with E-state index in [4.69, 9.17) is 0 Å². The molecule has 0 amide bonds. The van der Waals surface area contributed by atoms with Crippen LogP contribution in [0.4, 0.5) is 4.39 Å².